The number of fused-ring (bicyclic) bond motifs is 2. The fourth-order valence-corrected chi connectivity index (χ4v) is 4.16. The Morgan fingerprint density at radius 3 is 2.72 bits per heavy atom. The maximum absolute atomic E-state index is 10.3. The second-order valence-corrected chi connectivity index (χ2v) is 8.30. The van der Waals surface area contributed by atoms with Crippen LogP contribution in [0.5, 0.6) is 5.75 Å². The summed E-state index contributed by atoms with van der Waals surface area (Å²) in [6.45, 7) is 4.27. The molecule has 0 radical (unpaired) electrons. The molecule has 0 saturated carbocycles. The Morgan fingerprint density at radius 2 is 1.94 bits per heavy atom. The van der Waals surface area contributed by atoms with Crippen molar-refractivity contribution in [2.75, 3.05) is 18.6 Å². The highest BCUT2D eigenvalue weighted by molar-refractivity contribution is 5.82. The molecule has 170 valence electrons. The lowest BCUT2D eigenvalue weighted by atomic mass is 9.98. The van der Waals surface area contributed by atoms with E-state index in [0.29, 0.717) is 23.6 Å². The molecule has 0 amide bonds. The number of aromatic nitrogens is 4. The minimum Gasteiger partial charge on any atom is -0.492 e. The van der Waals surface area contributed by atoms with Crippen LogP contribution in [0, 0.1) is 13.8 Å². The largest absolute Gasteiger partial charge is 0.492 e. The third-order valence-electron chi connectivity index (χ3n) is 6.13. The molecule has 2 aliphatic rings. The highest BCUT2D eigenvalue weighted by atomic mass is 16.6. The van der Waals surface area contributed by atoms with Crippen LogP contribution in [0.15, 0.2) is 24.8 Å². The first kappa shape index (κ1) is 21.0. The van der Waals surface area contributed by atoms with Crippen molar-refractivity contribution in [2.24, 2.45) is 0 Å². The lowest BCUT2D eigenvalue weighted by Gasteiger charge is -2.27. The zero-order valence-corrected chi connectivity index (χ0v) is 17.8. The van der Waals surface area contributed by atoms with Crippen molar-refractivity contribution in [2.45, 2.75) is 50.8 Å². The van der Waals surface area contributed by atoms with Gasteiger partial charge in [0.1, 0.15) is 37.0 Å². The van der Waals surface area contributed by atoms with E-state index in [1.165, 1.54) is 28.3 Å². The van der Waals surface area contributed by atoms with Gasteiger partial charge in [-0.2, -0.15) is 0 Å². The third kappa shape index (κ3) is 3.57. The minimum absolute atomic E-state index is 0.0251. The number of ether oxygens (including phenoxy) is 2. The molecular formula is C21H26N6O5. The molecule has 1 fully saturated rings. The molecule has 0 spiro atoms. The van der Waals surface area contributed by atoms with Crippen molar-refractivity contribution in [3.05, 3.63) is 41.5 Å². The van der Waals surface area contributed by atoms with Crippen molar-refractivity contribution in [3.63, 3.8) is 0 Å². The van der Waals surface area contributed by atoms with Gasteiger partial charge in [-0.3, -0.25) is 4.57 Å². The molecule has 11 nitrogen and oxygen atoms in total. The summed E-state index contributed by atoms with van der Waals surface area (Å²) in [5.74, 6) is 1.39. The van der Waals surface area contributed by atoms with E-state index in [4.69, 9.17) is 9.47 Å². The number of aliphatic hydroxyl groups excluding tert-OH is 3. The van der Waals surface area contributed by atoms with Gasteiger partial charge >= 0.3 is 0 Å². The van der Waals surface area contributed by atoms with E-state index < -0.39 is 31.1 Å². The highest BCUT2D eigenvalue weighted by Crippen LogP contribution is 2.32. The normalized spacial score (nSPS) is 27.3. The van der Waals surface area contributed by atoms with Gasteiger partial charge in [-0.1, -0.05) is 6.07 Å². The van der Waals surface area contributed by atoms with E-state index in [-0.39, 0.29) is 6.04 Å². The molecule has 0 bridgehead atoms. The number of benzene rings is 1. The molecule has 5 N–H and O–H groups in total. The van der Waals surface area contributed by atoms with Gasteiger partial charge in [0, 0.05) is 0 Å². The first-order chi connectivity index (χ1) is 15.5. The fraction of sp³-hybridized carbons (Fsp3) is 0.476. The van der Waals surface area contributed by atoms with Crippen LogP contribution in [-0.4, -0.2) is 72.4 Å². The summed E-state index contributed by atoms with van der Waals surface area (Å²) in [7, 11) is 0. The van der Waals surface area contributed by atoms with E-state index in [1.54, 1.807) is 0 Å². The number of imidazole rings is 1. The number of hydrogen-bond acceptors (Lipinski definition) is 10. The Balaban J connectivity index is 1.32. The SMILES string of the molecule is Cc1cc2c(cc1C)OCC(NNc1ncnc3c1ncn3[C@@H]1O[C@H](CO)[C@@H](O)[C@H]1O)C2. The molecule has 3 aromatic rings. The highest BCUT2D eigenvalue weighted by Gasteiger charge is 2.44. The van der Waals surface area contributed by atoms with Crippen LogP contribution >= 0.6 is 0 Å². The zero-order valence-electron chi connectivity index (χ0n) is 17.8. The predicted molar refractivity (Wildman–Crippen MR) is 114 cm³/mol. The van der Waals surface area contributed by atoms with E-state index >= 15 is 0 Å². The quantitative estimate of drug-likeness (QED) is 0.341. The van der Waals surface area contributed by atoms with Gasteiger partial charge in [-0.05, 0) is 43.0 Å². The van der Waals surface area contributed by atoms with Crippen LogP contribution in [0.2, 0.25) is 0 Å². The molecule has 4 heterocycles. The Hall–Kier alpha value is -2.83. The van der Waals surface area contributed by atoms with Crippen LogP contribution in [0.1, 0.15) is 22.9 Å². The average molecular weight is 442 g/mol. The Labute approximate surface area is 184 Å². The summed E-state index contributed by atoms with van der Waals surface area (Å²) in [6, 6.07) is 4.26. The molecule has 5 atom stereocenters. The fourth-order valence-electron chi connectivity index (χ4n) is 4.16. The van der Waals surface area contributed by atoms with Gasteiger partial charge in [0.15, 0.2) is 23.2 Å². The van der Waals surface area contributed by atoms with Gasteiger partial charge in [0.2, 0.25) is 0 Å². The first-order valence-electron chi connectivity index (χ1n) is 10.5. The number of rotatable bonds is 5. The molecule has 32 heavy (non-hydrogen) atoms. The zero-order chi connectivity index (χ0) is 22.4. The molecule has 1 unspecified atom stereocenters. The van der Waals surface area contributed by atoms with Crippen LogP contribution in [0.4, 0.5) is 5.82 Å². The van der Waals surface area contributed by atoms with Gasteiger partial charge in [0.25, 0.3) is 0 Å². The molecular weight excluding hydrogens is 416 g/mol. The standard InChI is InChI=1S/C21H26N6O5/c1-10-3-12-5-13(7-31-14(12)4-11(10)2)25-26-19-16-20(23-8-22-19)27(9-24-16)21-18(30)17(29)15(6-28)32-21/h3-4,8-9,13,15,17-18,21,25,28-30H,5-7H2,1-2H3,(H,22,23,26)/t13?,15-,17-,18-,21-/m1/s1. The van der Waals surface area contributed by atoms with Gasteiger partial charge in [0.05, 0.1) is 19.0 Å². The molecule has 5 rings (SSSR count). The van der Waals surface area contributed by atoms with E-state index in [0.717, 1.165) is 17.7 Å². The van der Waals surface area contributed by atoms with Crippen molar-refractivity contribution < 1.29 is 24.8 Å². The Kier molecular flexibility index (Phi) is 5.43. The van der Waals surface area contributed by atoms with Crippen molar-refractivity contribution in [1.29, 1.82) is 0 Å². The van der Waals surface area contributed by atoms with Crippen molar-refractivity contribution in [1.82, 2.24) is 24.9 Å². The second kappa shape index (κ2) is 8.26. The van der Waals surface area contributed by atoms with Crippen LogP contribution in [0.25, 0.3) is 11.2 Å². The molecule has 0 aliphatic carbocycles. The van der Waals surface area contributed by atoms with Gasteiger partial charge in [-0.25, -0.2) is 20.4 Å². The van der Waals surface area contributed by atoms with Gasteiger partial charge < -0.3 is 30.2 Å². The van der Waals surface area contributed by atoms with E-state index in [9.17, 15) is 15.3 Å². The molecule has 2 aromatic heterocycles. The molecule has 2 aliphatic heterocycles. The summed E-state index contributed by atoms with van der Waals surface area (Å²) in [6.07, 6.45) is -0.575. The maximum Gasteiger partial charge on any atom is 0.171 e. The smallest absolute Gasteiger partial charge is 0.171 e. The molecule has 1 aromatic carbocycles. The summed E-state index contributed by atoms with van der Waals surface area (Å²) < 4.78 is 13.0. The second-order valence-electron chi connectivity index (χ2n) is 8.30. The lowest BCUT2D eigenvalue weighted by Crippen LogP contribution is -2.42. The number of aliphatic hydroxyl groups is 3. The number of nitrogens with one attached hydrogen (secondary N) is 2. The summed E-state index contributed by atoms with van der Waals surface area (Å²) in [5.41, 5.74) is 10.8. The Bertz CT molecular complexity index is 1140. The van der Waals surface area contributed by atoms with Crippen LogP contribution < -0.4 is 15.6 Å². The molecule has 1 saturated heterocycles. The number of anilines is 1. The topological polar surface area (TPSA) is 147 Å². The van der Waals surface area contributed by atoms with Crippen molar-refractivity contribution in [3.8, 4) is 5.75 Å². The number of hydrogen-bond donors (Lipinski definition) is 5. The van der Waals surface area contributed by atoms with Gasteiger partial charge in [-0.15, -0.1) is 0 Å². The van der Waals surface area contributed by atoms with E-state index in [1.807, 2.05) is 0 Å². The number of hydrazine groups is 1. The van der Waals surface area contributed by atoms with Crippen LogP contribution in [0.3, 0.4) is 0 Å². The summed E-state index contributed by atoms with van der Waals surface area (Å²) in [4.78, 5) is 12.9. The third-order valence-corrected chi connectivity index (χ3v) is 6.13. The lowest BCUT2D eigenvalue weighted by molar-refractivity contribution is -0.0511. The predicted octanol–water partition coefficient (Wildman–Crippen LogP) is -0.0252. The summed E-state index contributed by atoms with van der Waals surface area (Å²) in [5, 5.41) is 29.7. The number of nitrogens with zero attached hydrogens (tertiary/aromatic N) is 4. The van der Waals surface area contributed by atoms with Crippen LogP contribution in [-0.2, 0) is 11.2 Å². The maximum atomic E-state index is 10.3. The average Bonchev–Trinajstić information content (AvgIpc) is 3.34. The van der Waals surface area contributed by atoms with E-state index in [2.05, 4.69) is 51.8 Å². The number of aryl methyl sites for hydroxylation is 2. The first-order valence-corrected chi connectivity index (χ1v) is 10.5. The minimum atomic E-state index is -1.22. The Morgan fingerprint density at radius 1 is 1.12 bits per heavy atom. The summed E-state index contributed by atoms with van der Waals surface area (Å²) >= 11 is 0. The monoisotopic (exact) mass is 442 g/mol. The van der Waals surface area contributed by atoms with Crippen molar-refractivity contribution >= 4 is 17.0 Å². The molecule has 11 heteroatoms.